The SMILES string of the molecule is CCNC(=NCCCNC(=O)C1CCC1)NCCCc1ccc(Br)cc1F.I. The molecule has 0 heterocycles. The van der Waals surface area contributed by atoms with Crippen LogP contribution in [0, 0.1) is 11.7 Å². The van der Waals surface area contributed by atoms with Gasteiger partial charge < -0.3 is 16.0 Å². The molecule has 0 saturated heterocycles. The molecule has 3 N–H and O–H groups in total. The monoisotopic (exact) mass is 568 g/mol. The van der Waals surface area contributed by atoms with Crippen LogP contribution in [0.15, 0.2) is 27.7 Å². The summed E-state index contributed by atoms with van der Waals surface area (Å²) >= 11 is 3.27. The molecule has 8 heteroatoms. The molecule has 0 aliphatic heterocycles. The maximum atomic E-state index is 13.8. The van der Waals surface area contributed by atoms with Crippen LogP contribution in [-0.4, -0.2) is 38.0 Å². The summed E-state index contributed by atoms with van der Waals surface area (Å²) in [5.74, 6) is 1.02. The summed E-state index contributed by atoms with van der Waals surface area (Å²) in [6.45, 7) is 4.85. The quantitative estimate of drug-likeness (QED) is 0.173. The smallest absolute Gasteiger partial charge is 0.223 e. The first-order valence-electron chi connectivity index (χ1n) is 9.84. The minimum atomic E-state index is -0.172. The van der Waals surface area contributed by atoms with Crippen molar-refractivity contribution in [3.8, 4) is 0 Å². The minimum absolute atomic E-state index is 0. The zero-order chi connectivity index (χ0) is 19.5. The van der Waals surface area contributed by atoms with Gasteiger partial charge in [-0.1, -0.05) is 28.4 Å². The lowest BCUT2D eigenvalue weighted by atomic mass is 9.85. The molecule has 1 aromatic rings. The summed E-state index contributed by atoms with van der Waals surface area (Å²) in [4.78, 5) is 16.3. The molecule has 0 spiro atoms. The van der Waals surface area contributed by atoms with E-state index in [1.54, 1.807) is 0 Å². The molecule has 1 aromatic carbocycles. The second kappa shape index (κ2) is 14.1. The average Bonchev–Trinajstić information content (AvgIpc) is 2.58. The van der Waals surface area contributed by atoms with Gasteiger partial charge in [-0.25, -0.2) is 4.39 Å². The van der Waals surface area contributed by atoms with Crippen LogP contribution in [0.3, 0.4) is 0 Å². The molecule has 1 aliphatic rings. The Balaban J connectivity index is 0.00000392. The highest BCUT2D eigenvalue weighted by molar-refractivity contribution is 14.0. The molecule has 1 amide bonds. The summed E-state index contributed by atoms with van der Waals surface area (Å²) in [6, 6.07) is 5.18. The first kappa shape index (κ1) is 25.1. The van der Waals surface area contributed by atoms with Gasteiger partial charge in [0.15, 0.2) is 5.96 Å². The second-order valence-electron chi connectivity index (χ2n) is 6.80. The van der Waals surface area contributed by atoms with Gasteiger partial charge in [0.2, 0.25) is 5.91 Å². The fourth-order valence-electron chi connectivity index (χ4n) is 2.85. The van der Waals surface area contributed by atoms with Gasteiger partial charge in [0.05, 0.1) is 0 Å². The Morgan fingerprint density at radius 3 is 2.61 bits per heavy atom. The molecule has 0 radical (unpaired) electrons. The zero-order valence-corrected chi connectivity index (χ0v) is 20.3. The number of aliphatic imine (C=N–C) groups is 1. The van der Waals surface area contributed by atoms with Crippen molar-refractivity contribution in [2.75, 3.05) is 26.2 Å². The van der Waals surface area contributed by atoms with Gasteiger partial charge in [-0.3, -0.25) is 9.79 Å². The number of carbonyl (C=O) groups excluding carboxylic acids is 1. The standard InChI is InChI=1S/C20H30BrFN4O.HI/c1-2-23-20(26-13-5-12-24-19(27)16-6-3-7-16)25-11-4-8-15-9-10-17(21)14-18(15)22;/h9-10,14,16H,2-8,11-13H2,1H3,(H,24,27)(H2,23,25,26);1H. The van der Waals surface area contributed by atoms with Crippen molar-refractivity contribution in [1.82, 2.24) is 16.0 Å². The fraction of sp³-hybridized carbons (Fsp3) is 0.600. The van der Waals surface area contributed by atoms with Crippen molar-refractivity contribution < 1.29 is 9.18 Å². The molecule has 158 valence electrons. The highest BCUT2D eigenvalue weighted by atomic mass is 127. The van der Waals surface area contributed by atoms with Crippen molar-refractivity contribution in [2.45, 2.75) is 45.4 Å². The lowest BCUT2D eigenvalue weighted by Crippen LogP contribution is -2.38. The van der Waals surface area contributed by atoms with Crippen LogP contribution < -0.4 is 16.0 Å². The summed E-state index contributed by atoms with van der Waals surface area (Å²) < 4.78 is 14.6. The summed E-state index contributed by atoms with van der Waals surface area (Å²) in [5, 5.41) is 9.47. The Kier molecular flexibility index (Phi) is 12.7. The van der Waals surface area contributed by atoms with E-state index in [1.807, 2.05) is 19.1 Å². The third-order valence-electron chi connectivity index (χ3n) is 4.65. The number of amides is 1. The van der Waals surface area contributed by atoms with Gasteiger partial charge in [-0.05, 0) is 56.7 Å². The molecule has 1 aliphatic carbocycles. The van der Waals surface area contributed by atoms with E-state index in [0.29, 0.717) is 19.5 Å². The maximum absolute atomic E-state index is 13.8. The molecule has 0 aromatic heterocycles. The lowest BCUT2D eigenvalue weighted by Gasteiger charge is -2.23. The summed E-state index contributed by atoms with van der Waals surface area (Å²) in [5.41, 5.74) is 0.726. The third kappa shape index (κ3) is 9.07. The van der Waals surface area contributed by atoms with Crippen LogP contribution in [0.1, 0.15) is 44.6 Å². The van der Waals surface area contributed by atoms with Gasteiger partial charge in [0, 0.05) is 36.6 Å². The predicted octanol–water partition coefficient (Wildman–Crippen LogP) is 4.00. The highest BCUT2D eigenvalue weighted by Gasteiger charge is 2.24. The van der Waals surface area contributed by atoms with Gasteiger partial charge in [0.1, 0.15) is 5.82 Å². The fourth-order valence-corrected chi connectivity index (χ4v) is 3.18. The van der Waals surface area contributed by atoms with Gasteiger partial charge >= 0.3 is 0 Å². The minimum Gasteiger partial charge on any atom is -0.357 e. The number of hydrogen-bond acceptors (Lipinski definition) is 2. The van der Waals surface area contributed by atoms with E-state index in [0.717, 1.165) is 54.8 Å². The first-order valence-corrected chi connectivity index (χ1v) is 10.6. The van der Waals surface area contributed by atoms with Gasteiger partial charge in [0.25, 0.3) is 0 Å². The van der Waals surface area contributed by atoms with E-state index >= 15 is 0 Å². The van der Waals surface area contributed by atoms with E-state index in [2.05, 4.69) is 36.9 Å². The summed E-state index contributed by atoms with van der Waals surface area (Å²) in [7, 11) is 0. The normalized spacial score (nSPS) is 14.0. The van der Waals surface area contributed by atoms with Crippen molar-refractivity contribution >= 4 is 51.8 Å². The molecule has 0 bridgehead atoms. The Bertz CT molecular complexity index is 641. The van der Waals surface area contributed by atoms with Crippen molar-refractivity contribution in [3.05, 3.63) is 34.1 Å². The molecular weight excluding hydrogens is 538 g/mol. The Morgan fingerprint density at radius 1 is 1.21 bits per heavy atom. The number of nitrogens with zero attached hydrogens (tertiary/aromatic N) is 1. The van der Waals surface area contributed by atoms with E-state index in [9.17, 15) is 9.18 Å². The second-order valence-corrected chi connectivity index (χ2v) is 7.71. The van der Waals surface area contributed by atoms with Gasteiger partial charge in [-0.15, -0.1) is 24.0 Å². The molecule has 1 saturated carbocycles. The molecule has 2 rings (SSSR count). The number of halogens is 3. The molecule has 1 fully saturated rings. The predicted molar refractivity (Wildman–Crippen MR) is 127 cm³/mol. The van der Waals surface area contributed by atoms with Crippen molar-refractivity contribution in [3.63, 3.8) is 0 Å². The first-order chi connectivity index (χ1) is 13.1. The van der Waals surface area contributed by atoms with Gasteiger partial charge in [-0.2, -0.15) is 0 Å². The van der Waals surface area contributed by atoms with Crippen LogP contribution in [0.4, 0.5) is 4.39 Å². The van der Waals surface area contributed by atoms with Crippen LogP contribution in [0.2, 0.25) is 0 Å². The number of rotatable bonds is 10. The number of nitrogens with one attached hydrogen (secondary N) is 3. The van der Waals surface area contributed by atoms with Crippen LogP contribution >= 0.6 is 39.9 Å². The number of benzene rings is 1. The topological polar surface area (TPSA) is 65.5 Å². The Morgan fingerprint density at radius 2 is 1.96 bits per heavy atom. The molecule has 0 atom stereocenters. The average molecular weight is 569 g/mol. The van der Waals surface area contributed by atoms with E-state index in [1.165, 1.54) is 12.5 Å². The van der Waals surface area contributed by atoms with Crippen LogP contribution in [0.5, 0.6) is 0 Å². The van der Waals surface area contributed by atoms with E-state index in [4.69, 9.17) is 0 Å². The zero-order valence-electron chi connectivity index (χ0n) is 16.4. The maximum Gasteiger partial charge on any atom is 0.223 e. The Hall–Kier alpha value is -0.900. The molecule has 0 unspecified atom stereocenters. The van der Waals surface area contributed by atoms with E-state index < -0.39 is 0 Å². The van der Waals surface area contributed by atoms with E-state index in [-0.39, 0.29) is 41.6 Å². The van der Waals surface area contributed by atoms with Crippen molar-refractivity contribution in [1.29, 1.82) is 0 Å². The number of aryl methyl sites for hydroxylation is 1. The largest absolute Gasteiger partial charge is 0.357 e. The van der Waals surface area contributed by atoms with Crippen LogP contribution in [-0.2, 0) is 11.2 Å². The van der Waals surface area contributed by atoms with Crippen LogP contribution in [0.25, 0.3) is 0 Å². The number of carbonyl (C=O) groups is 1. The lowest BCUT2D eigenvalue weighted by molar-refractivity contribution is -0.127. The van der Waals surface area contributed by atoms with Crippen molar-refractivity contribution in [2.24, 2.45) is 10.9 Å². The number of hydrogen-bond donors (Lipinski definition) is 3. The Labute approximate surface area is 192 Å². The third-order valence-corrected chi connectivity index (χ3v) is 5.15. The molecule has 28 heavy (non-hydrogen) atoms. The number of guanidine groups is 1. The molecule has 5 nitrogen and oxygen atoms in total. The molecular formula is C20H31BrFIN4O. The highest BCUT2D eigenvalue weighted by Crippen LogP contribution is 2.26. The summed E-state index contributed by atoms with van der Waals surface area (Å²) in [6.07, 6.45) is 5.55.